The molecule has 0 aromatic heterocycles. The molecule has 3 atom stereocenters. The smallest absolute Gasteiger partial charge is 0.303 e. The number of aryl methyl sites for hydroxylation is 1. The standard InChI is InChI=1S/C32H35NO11/c1-19-14-29(27(40-3)16-23(19)33(37)38)43-25-17-28(41-4)26(39-2)15-22(25)32-42-18-20(10-6-5-7-13-30(35)36)31(44-32)21-11-8-9-12-24(21)34/h5-6,8-9,11-12,14-17,20,31-32,34H,7,10,13,18H2,1-4H3,(H,35,36)/b6-5-. The highest BCUT2D eigenvalue weighted by Crippen LogP contribution is 2.48. The minimum atomic E-state index is -0.980. The van der Waals surface area contributed by atoms with Crippen LogP contribution in [0.2, 0.25) is 0 Å². The average Bonchev–Trinajstić information content (AvgIpc) is 3.01. The summed E-state index contributed by atoms with van der Waals surface area (Å²) in [5, 5.41) is 31.1. The van der Waals surface area contributed by atoms with Gasteiger partial charge in [0.05, 0.1) is 50.6 Å². The summed E-state index contributed by atoms with van der Waals surface area (Å²) in [5.74, 6) is 0.371. The fourth-order valence-corrected chi connectivity index (χ4v) is 4.94. The monoisotopic (exact) mass is 609 g/mol. The highest BCUT2D eigenvalue weighted by Gasteiger charge is 2.36. The van der Waals surface area contributed by atoms with Gasteiger partial charge in [-0.2, -0.15) is 0 Å². The Labute approximate surface area is 254 Å². The van der Waals surface area contributed by atoms with Gasteiger partial charge in [0, 0.05) is 29.5 Å². The highest BCUT2D eigenvalue weighted by atomic mass is 16.7. The topological polar surface area (TPSA) is 156 Å². The summed E-state index contributed by atoms with van der Waals surface area (Å²) >= 11 is 0. The fraction of sp³-hybridized carbons (Fsp3) is 0.344. The van der Waals surface area contributed by atoms with Crippen molar-refractivity contribution in [3.8, 4) is 34.5 Å². The maximum absolute atomic E-state index is 11.5. The van der Waals surface area contributed by atoms with Crippen molar-refractivity contribution in [2.75, 3.05) is 27.9 Å². The molecule has 0 amide bonds. The maximum Gasteiger partial charge on any atom is 0.303 e. The molecule has 0 radical (unpaired) electrons. The van der Waals surface area contributed by atoms with Gasteiger partial charge in [-0.15, -0.1) is 0 Å². The number of hydrogen-bond donors (Lipinski definition) is 2. The number of carbonyl (C=O) groups is 1. The number of carboxylic acids is 1. The zero-order chi connectivity index (χ0) is 31.8. The van der Waals surface area contributed by atoms with E-state index in [-0.39, 0.29) is 47.6 Å². The van der Waals surface area contributed by atoms with E-state index in [4.69, 9.17) is 33.5 Å². The first-order valence-electron chi connectivity index (χ1n) is 13.8. The van der Waals surface area contributed by atoms with Crippen LogP contribution in [0.1, 0.15) is 48.3 Å². The van der Waals surface area contributed by atoms with Crippen molar-refractivity contribution in [1.82, 2.24) is 0 Å². The van der Waals surface area contributed by atoms with Crippen LogP contribution in [0, 0.1) is 23.0 Å². The van der Waals surface area contributed by atoms with Crippen LogP contribution in [0.4, 0.5) is 5.69 Å². The Balaban J connectivity index is 1.72. The predicted molar refractivity (Wildman–Crippen MR) is 159 cm³/mol. The Bertz CT molecular complexity index is 1520. The molecule has 44 heavy (non-hydrogen) atoms. The van der Waals surface area contributed by atoms with Crippen LogP contribution in [0.15, 0.2) is 60.7 Å². The molecule has 12 nitrogen and oxygen atoms in total. The number of rotatable bonds is 13. The first kappa shape index (κ1) is 32.1. The van der Waals surface area contributed by atoms with E-state index < -0.39 is 23.3 Å². The third-order valence-electron chi connectivity index (χ3n) is 7.20. The molecule has 3 aromatic carbocycles. The van der Waals surface area contributed by atoms with Crippen molar-refractivity contribution in [2.45, 2.75) is 38.6 Å². The number of aliphatic carboxylic acids is 1. The van der Waals surface area contributed by atoms with Crippen molar-refractivity contribution in [1.29, 1.82) is 0 Å². The predicted octanol–water partition coefficient (Wildman–Crippen LogP) is 6.64. The quantitative estimate of drug-likeness (QED) is 0.122. The lowest BCUT2D eigenvalue weighted by Crippen LogP contribution is -2.30. The van der Waals surface area contributed by atoms with Crippen molar-refractivity contribution in [3.05, 3.63) is 87.5 Å². The lowest BCUT2D eigenvalue weighted by molar-refractivity contribution is -0.385. The van der Waals surface area contributed by atoms with Crippen molar-refractivity contribution < 1.29 is 48.4 Å². The molecule has 1 heterocycles. The molecule has 0 bridgehead atoms. The van der Waals surface area contributed by atoms with Gasteiger partial charge in [0.1, 0.15) is 11.5 Å². The molecular weight excluding hydrogens is 574 g/mol. The number of carboxylic acid groups (broad SMARTS) is 1. The number of hydrogen-bond acceptors (Lipinski definition) is 10. The zero-order valence-corrected chi connectivity index (χ0v) is 24.8. The number of methoxy groups -OCH3 is 3. The Morgan fingerprint density at radius 1 is 0.977 bits per heavy atom. The number of phenols is 1. The van der Waals surface area contributed by atoms with Gasteiger partial charge >= 0.3 is 5.97 Å². The molecule has 1 saturated heterocycles. The second kappa shape index (κ2) is 14.6. The number of aromatic hydroxyl groups is 1. The van der Waals surface area contributed by atoms with E-state index in [1.165, 1.54) is 33.5 Å². The largest absolute Gasteiger partial charge is 0.508 e. The molecule has 3 unspecified atom stereocenters. The summed E-state index contributed by atoms with van der Waals surface area (Å²) in [4.78, 5) is 21.9. The molecule has 4 rings (SSSR count). The molecule has 12 heteroatoms. The molecule has 0 spiro atoms. The summed E-state index contributed by atoms with van der Waals surface area (Å²) in [5.41, 5.74) is 1.27. The highest BCUT2D eigenvalue weighted by molar-refractivity contribution is 5.66. The first-order valence-corrected chi connectivity index (χ1v) is 13.8. The fourth-order valence-electron chi connectivity index (χ4n) is 4.94. The van der Waals surface area contributed by atoms with Crippen LogP contribution < -0.4 is 18.9 Å². The van der Waals surface area contributed by atoms with Crippen LogP contribution in [0.5, 0.6) is 34.5 Å². The Hall–Kier alpha value is -4.81. The van der Waals surface area contributed by atoms with E-state index in [1.807, 2.05) is 12.2 Å². The molecule has 234 valence electrons. The number of nitrogens with zero attached hydrogens (tertiary/aromatic N) is 1. The second-order valence-corrected chi connectivity index (χ2v) is 10.1. The third-order valence-corrected chi connectivity index (χ3v) is 7.20. The normalized spacial score (nSPS) is 18.1. The van der Waals surface area contributed by atoms with Gasteiger partial charge in [-0.05, 0) is 38.0 Å². The number of ether oxygens (including phenoxy) is 6. The van der Waals surface area contributed by atoms with E-state index in [0.717, 1.165) is 0 Å². The number of nitro benzene ring substituents is 1. The van der Waals surface area contributed by atoms with Gasteiger partial charge < -0.3 is 38.6 Å². The molecular formula is C32H35NO11. The molecule has 0 saturated carbocycles. The van der Waals surface area contributed by atoms with E-state index in [2.05, 4.69) is 0 Å². The van der Waals surface area contributed by atoms with E-state index in [9.17, 15) is 20.0 Å². The minimum absolute atomic E-state index is 0.0281. The summed E-state index contributed by atoms with van der Waals surface area (Å²) in [6.07, 6.45) is 3.05. The number of para-hydroxylation sites is 1. The number of phenolic OH excluding ortho intramolecular Hbond substituents is 1. The van der Waals surface area contributed by atoms with Gasteiger partial charge in [-0.1, -0.05) is 30.4 Å². The van der Waals surface area contributed by atoms with Crippen LogP contribution >= 0.6 is 0 Å². The van der Waals surface area contributed by atoms with Gasteiger partial charge in [-0.25, -0.2) is 0 Å². The number of nitro groups is 1. The van der Waals surface area contributed by atoms with Gasteiger partial charge in [0.2, 0.25) is 0 Å². The van der Waals surface area contributed by atoms with Crippen molar-refractivity contribution >= 4 is 11.7 Å². The average molecular weight is 610 g/mol. The number of allylic oxidation sites excluding steroid dienone is 2. The lowest BCUT2D eigenvalue weighted by atomic mass is 9.91. The van der Waals surface area contributed by atoms with E-state index in [0.29, 0.717) is 41.0 Å². The molecule has 1 fully saturated rings. The SMILES string of the molecule is COc1cc(Oc2cc(C)c([N+](=O)[O-])cc2OC)c(C2OCC(C/C=C\CCC(=O)O)C(c3ccccc3O)O2)cc1OC. The lowest BCUT2D eigenvalue weighted by Gasteiger charge is -2.37. The van der Waals surface area contributed by atoms with Gasteiger partial charge in [0.25, 0.3) is 5.69 Å². The van der Waals surface area contributed by atoms with Crippen molar-refractivity contribution in [2.24, 2.45) is 5.92 Å². The molecule has 0 aliphatic carbocycles. The molecule has 1 aliphatic heterocycles. The second-order valence-electron chi connectivity index (χ2n) is 10.1. The van der Waals surface area contributed by atoms with Crippen LogP contribution in [-0.2, 0) is 14.3 Å². The maximum atomic E-state index is 11.5. The van der Waals surface area contributed by atoms with Crippen LogP contribution in [0.25, 0.3) is 0 Å². The number of benzene rings is 3. The Kier molecular flexibility index (Phi) is 10.6. The first-order chi connectivity index (χ1) is 21.2. The van der Waals surface area contributed by atoms with Gasteiger partial charge in [-0.3, -0.25) is 14.9 Å². The van der Waals surface area contributed by atoms with E-state index >= 15 is 0 Å². The Morgan fingerprint density at radius 3 is 2.32 bits per heavy atom. The molecule has 3 aromatic rings. The Morgan fingerprint density at radius 2 is 1.66 bits per heavy atom. The summed E-state index contributed by atoms with van der Waals surface area (Å²) < 4.78 is 35.5. The summed E-state index contributed by atoms with van der Waals surface area (Å²) in [6.45, 7) is 1.83. The minimum Gasteiger partial charge on any atom is -0.508 e. The zero-order valence-electron chi connectivity index (χ0n) is 24.8. The molecule has 1 aliphatic rings. The summed E-state index contributed by atoms with van der Waals surface area (Å²) in [6, 6.07) is 12.9. The van der Waals surface area contributed by atoms with E-state index in [1.54, 1.807) is 43.3 Å². The third kappa shape index (κ3) is 7.39. The van der Waals surface area contributed by atoms with Crippen molar-refractivity contribution in [3.63, 3.8) is 0 Å². The van der Waals surface area contributed by atoms with Crippen LogP contribution in [-0.4, -0.2) is 49.0 Å². The van der Waals surface area contributed by atoms with Gasteiger partial charge in [0.15, 0.2) is 29.3 Å². The van der Waals surface area contributed by atoms with Crippen LogP contribution in [0.3, 0.4) is 0 Å². The molecule has 2 N–H and O–H groups in total. The summed E-state index contributed by atoms with van der Waals surface area (Å²) in [7, 11) is 4.36.